The molecular weight excluding hydrogens is 260 g/mol. The van der Waals surface area contributed by atoms with E-state index in [1.165, 1.54) is 0 Å². The average Bonchev–Trinajstić information content (AvgIpc) is 3.06. The highest BCUT2D eigenvalue weighted by Gasteiger charge is 1.97. The number of benzene rings is 2. The number of ether oxygens (including phenoxy) is 1. The Bertz CT molecular complexity index is 633. The molecule has 0 radical (unpaired) electrons. The zero-order valence-corrected chi connectivity index (χ0v) is 12.4. The molecule has 0 fully saturated rings. The molecule has 1 aromatic heterocycles. The topological polar surface area (TPSA) is 27.1 Å². The van der Waals surface area contributed by atoms with Crippen molar-refractivity contribution in [2.75, 3.05) is 7.11 Å². The molecule has 0 aliphatic heterocycles. The third-order valence-corrected chi connectivity index (χ3v) is 3.01. The van der Waals surface area contributed by atoms with E-state index in [0.29, 0.717) is 0 Å². The van der Waals surface area contributed by atoms with E-state index in [2.05, 4.69) is 12.0 Å². The summed E-state index contributed by atoms with van der Waals surface area (Å²) >= 11 is 0. The molecule has 3 nitrogen and oxygen atoms in total. The third kappa shape index (κ3) is 4.49. The first kappa shape index (κ1) is 14.9. The maximum absolute atomic E-state index is 4.91. The van der Waals surface area contributed by atoms with Crippen molar-refractivity contribution in [3.8, 4) is 11.4 Å². The molecule has 108 valence electrons. The number of nitrogens with zero attached hydrogens (tertiary/aromatic N) is 2. The van der Waals surface area contributed by atoms with Crippen molar-refractivity contribution in [1.82, 2.24) is 9.78 Å². The highest BCUT2D eigenvalue weighted by Crippen LogP contribution is 2.07. The summed E-state index contributed by atoms with van der Waals surface area (Å²) in [5.41, 5.74) is 2.24. The standard InChI is InChI=1S/C11H12N2.C7H8O/c1-2-10-8-9-13(12-10)11-6-4-3-5-7-11;1-8-7-5-3-2-4-6-7/h3-9H,2H2,1H3;2-6H,1H3. The number of methoxy groups -OCH3 is 1. The minimum Gasteiger partial charge on any atom is -0.497 e. The van der Waals surface area contributed by atoms with Gasteiger partial charge in [-0.05, 0) is 36.8 Å². The van der Waals surface area contributed by atoms with E-state index in [9.17, 15) is 0 Å². The van der Waals surface area contributed by atoms with E-state index in [4.69, 9.17) is 4.74 Å². The lowest BCUT2D eigenvalue weighted by molar-refractivity contribution is 0.415. The summed E-state index contributed by atoms with van der Waals surface area (Å²) in [5, 5.41) is 4.42. The van der Waals surface area contributed by atoms with Crippen LogP contribution in [0.15, 0.2) is 72.9 Å². The monoisotopic (exact) mass is 280 g/mol. The molecule has 3 rings (SSSR count). The number of aryl methyl sites for hydroxylation is 1. The Kier molecular flexibility index (Phi) is 5.59. The summed E-state index contributed by atoms with van der Waals surface area (Å²) in [5.74, 6) is 0.910. The van der Waals surface area contributed by atoms with Gasteiger partial charge in [0, 0.05) is 6.20 Å². The van der Waals surface area contributed by atoms with Gasteiger partial charge in [-0.3, -0.25) is 0 Å². The largest absolute Gasteiger partial charge is 0.497 e. The fraction of sp³-hybridized carbons (Fsp3) is 0.167. The van der Waals surface area contributed by atoms with Crippen LogP contribution in [0.1, 0.15) is 12.6 Å². The van der Waals surface area contributed by atoms with Crippen LogP contribution in [0.4, 0.5) is 0 Å². The molecule has 0 spiro atoms. The van der Waals surface area contributed by atoms with Gasteiger partial charge in [-0.2, -0.15) is 5.10 Å². The maximum Gasteiger partial charge on any atom is 0.118 e. The SMILES string of the molecule is CCc1ccn(-c2ccccc2)n1.COc1ccccc1. The Morgan fingerprint density at radius 2 is 1.52 bits per heavy atom. The number of rotatable bonds is 3. The van der Waals surface area contributed by atoms with Crippen LogP contribution in [0.2, 0.25) is 0 Å². The second-order valence-corrected chi connectivity index (χ2v) is 4.46. The van der Waals surface area contributed by atoms with Crippen molar-refractivity contribution in [1.29, 1.82) is 0 Å². The van der Waals surface area contributed by atoms with Crippen molar-refractivity contribution in [3.05, 3.63) is 78.6 Å². The molecule has 0 amide bonds. The predicted molar refractivity (Wildman–Crippen MR) is 85.9 cm³/mol. The van der Waals surface area contributed by atoms with E-state index in [0.717, 1.165) is 23.6 Å². The summed E-state index contributed by atoms with van der Waals surface area (Å²) in [6.45, 7) is 2.11. The van der Waals surface area contributed by atoms with Crippen LogP contribution < -0.4 is 4.74 Å². The van der Waals surface area contributed by atoms with Crippen LogP contribution in [0.5, 0.6) is 5.75 Å². The minimum atomic E-state index is 0.910. The maximum atomic E-state index is 4.91. The molecule has 21 heavy (non-hydrogen) atoms. The Labute approximate surface area is 125 Å². The van der Waals surface area contributed by atoms with Crippen molar-refractivity contribution in [2.24, 2.45) is 0 Å². The van der Waals surface area contributed by atoms with Crippen LogP contribution in [-0.2, 0) is 6.42 Å². The molecule has 3 aromatic rings. The summed E-state index contributed by atoms with van der Waals surface area (Å²) in [7, 11) is 1.66. The quantitative estimate of drug-likeness (QED) is 0.721. The van der Waals surface area contributed by atoms with Crippen LogP contribution >= 0.6 is 0 Å². The Hall–Kier alpha value is -2.55. The van der Waals surface area contributed by atoms with E-state index < -0.39 is 0 Å². The molecule has 0 saturated heterocycles. The van der Waals surface area contributed by atoms with Crippen molar-refractivity contribution in [2.45, 2.75) is 13.3 Å². The summed E-state index contributed by atoms with van der Waals surface area (Å²) < 4.78 is 6.82. The van der Waals surface area contributed by atoms with Gasteiger partial charge < -0.3 is 4.74 Å². The first-order valence-electron chi connectivity index (χ1n) is 7.02. The van der Waals surface area contributed by atoms with Crippen molar-refractivity contribution < 1.29 is 4.74 Å². The fourth-order valence-electron chi connectivity index (χ4n) is 1.83. The van der Waals surface area contributed by atoms with Crippen LogP contribution in [-0.4, -0.2) is 16.9 Å². The normalized spacial score (nSPS) is 9.62. The van der Waals surface area contributed by atoms with Crippen LogP contribution in [0.3, 0.4) is 0 Å². The summed E-state index contributed by atoms with van der Waals surface area (Å²) in [6.07, 6.45) is 2.98. The molecule has 0 atom stereocenters. The first-order chi connectivity index (χ1) is 10.3. The molecular formula is C18H20N2O. The Morgan fingerprint density at radius 1 is 0.905 bits per heavy atom. The Morgan fingerprint density at radius 3 is 2.00 bits per heavy atom. The summed E-state index contributed by atoms with van der Waals surface area (Å²) in [6, 6.07) is 21.9. The molecule has 0 saturated carbocycles. The number of para-hydroxylation sites is 2. The van der Waals surface area contributed by atoms with Gasteiger partial charge in [0.2, 0.25) is 0 Å². The van der Waals surface area contributed by atoms with Gasteiger partial charge in [-0.1, -0.05) is 43.3 Å². The zero-order chi connectivity index (χ0) is 14.9. The van der Waals surface area contributed by atoms with Gasteiger partial charge in [-0.25, -0.2) is 4.68 Å². The zero-order valence-electron chi connectivity index (χ0n) is 12.4. The highest BCUT2D eigenvalue weighted by atomic mass is 16.5. The van der Waals surface area contributed by atoms with Gasteiger partial charge in [0.25, 0.3) is 0 Å². The molecule has 0 N–H and O–H groups in total. The lowest BCUT2D eigenvalue weighted by Crippen LogP contribution is -1.94. The van der Waals surface area contributed by atoms with E-state index >= 15 is 0 Å². The Balaban J connectivity index is 0.000000173. The molecule has 3 heteroatoms. The van der Waals surface area contributed by atoms with Gasteiger partial charge in [0.05, 0.1) is 18.5 Å². The second-order valence-electron chi connectivity index (χ2n) is 4.46. The average molecular weight is 280 g/mol. The molecule has 0 bridgehead atoms. The van der Waals surface area contributed by atoms with Gasteiger partial charge in [0.15, 0.2) is 0 Å². The first-order valence-corrected chi connectivity index (χ1v) is 7.02. The second kappa shape index (κ2) is 7.90. The smallest absolute Gasteiger partial charge is 0.118 e. The highest BCUT2D eigenvalue weighted by molar-refractivity contribution is 5.30. The molecule has 2 aromatic carbocycles. The van der Waals surface area contributed by atoms with Gasteiger partial charge in [0.1, 0.15) is 5.75 Å². The predicted octanol–water partition coefficient (Wildman–Crippen LogP) is 4.13. The van der Waals surface area contributed by atoms with E-state index in [1.807, 2.05) is 77.6 Å². The van der Waals surface area contributed by atoms with Crippen LogP contribution in [0, 0.1) is 0 Å². The van der Waals surface area contributed by atoms with Gasteiger partial charge in [-0.15, -0.1) is 0 Å². The summed E-state index contributed by atoms with van der Waals surface area (Å²) in [4.78, 5) is 0. The number of hydrogen-bond acceptors (Lipinski definition) is 2. The molecule has 1 heterocycles. The molecule has 0 aliphatic carbocycles. The van der Waals surface area contributed by atoms with Gasteiger partial charge >= 0.3 is 0 Å². The lowest BCUT2D eigenvalue weighted by atomic mass is 10.3. The van der Waals surface area contributed by atoms with E-state index in [1.54, 1.807) is 7.11 Å². The van der Waals surface area contributed by atoms with E-state index in [-0.39, 0.29) is 0 Å². The number of hydrogen-bond donors (Lipinski definition) is 0. The van der Waals surface area contributed by atoms with Crippen LogP contribution in [0.25, 0.3) is 5.69 Å². The minimum absolute atomic E-state index is 0.910. The number of aromatic nitrogens is 2. The third-order valence-electron chi connectivity index (χ3n) is 3.01. The fourth-order valence-corrected chi connectivity index (χ4v) is 1.83. The molecule has 0 unspecified atom stereocenters. The van der Waals surface area contributed by atoms with Crippen molar-refractivity contribution >= 4 is 0 Å². The molecule has 0 aliphatic rings. The lowest BCUT2D eigenvalue weighted by Gasteiger charge is -1.98. The van der Waals surface area contributed by atoms with Crippen molar-refractivity contribution in [3.63, 3.8) is 0 Å².